The van der Waals surface area contributed by atoms with Gasteiger partial charge in [0.15, 0.2) is 0 Å². The van der Waals surface area contributed by atoms with Gasteiger partial charge in [-0.2, -0.15) is 5.10 Å². The predicted octanol–water partition coefficient (Wildman–Crippen LogP) is 2.22. The molecule has 3 aromatic rings. The van der Waals surface area contributed by atoms with E-state index in [0.29, 0.717) is 16.5 Å². The molecule has 27 heavy (non-hydrogen) atoms. The summed E-state index contributed by atoms with van der Waals surface area (Å²) in [4.78, 5) is 36.4. The van der Waals surface area contributed by atoms with E-state index in [2.05, 4.69) is 31.7 Å². The Kier molecular flexibility index (Phi) is 5.66. The lowest BCUT2D eigenvalue weighted by molar-refractivity contribution is -0.124. The maximum Gasteiger partial charge on any atom is 0.275 e. The Balaban J connectivity index is 1.59. The number of nitrogens with one attached hydrogen (secondary N) is 2. The van der Waals surface area contributed by atoms with Gasteiger partial charge >= 0.3 is 0 Å². The van der Waals surface area contributed by atoms with Gasteiger partial charge in [0, 0.05) is 15.5 Å². The van der Waals surface area contributed by atoms with Crippen LogP contribution in [0.2, 0.25) is 0 Å². The summed E-state index contributed by atoms with van der Waals surface area (Å²) in [6.07, 6.45) is 1.53. The van der Waals surface area contributed by atoms with Gasteiger partial charge in [0.25, 0.3) is 5.56 Å². The predicted molar refractivity (Wildman–Crippen MR) is 107 cm³/mol. The maximum absolute atomic E-state index is 12.3. The second kappa shape index (κ2) is 8.13. The molecule has 0 radical (unpaired) electrons. The number of fused-ring (bicyclic) bond motifs is 1. The van der Waals surface area contributed by atoms with Crippen LogP contribution in [0.5, 0.6) is 0 Å². The minimum Gasteiger partial charge on any atom is -0.345 e. The van der Waals surface area contributed by atoms with Crippen LogP contribution < -0.4 is 16.2 Å². The second-order valence-corrected chi connectivity index (χ2v) is 6.89. The lowest BCUT2D eigenvalue weighted by atomic mass is 10.2. The summed E-state index contributed by atoms with van der Waals surface area (Å²) in [5.41, 5.74) is 1.22. The molecule has 0 saturated heterocycles. The van der Waals surface area contributed by atoms with Crippen LogP contribution in [0.1, 0.15) is 5.56 Å². The lowest BCUT2D eigenvalue weighted by Gasteiger charge is -2.10. The van der Waals surface area contributed by atoms with E-state index >= 15 is 0 Å². The second-order valence-electron chi connectivity index (χ2n) is 5.98. The van der Waals surface area contributed by atoms with E-state index in [1.165, 1.54) is 6.20 Å². The van der Waals surface area contributed by atoms with Gasteiger partial charge < -0.3 is 10.6 Å². The maximum atomic E-state index is 12.3. The molecule has 0 aliphatic carbocycles. The highest BCUT2D eigenvalue weighted by Crippen LogP contribution is 2.19. The Bertz CT molecular complexity index is 1080. The molecule has 7 nitrogen and oxygen atoms in total. The van der Waals surface area contributed by atoms with Crippen molar-refractivity contribution in [2.24, 2.45) is 0 Å². The van der Waals surface area contributed by atoms with Crippen molar-refractivity contribution in [2.75, 3.05) is 11.9 Å². The summed E-state index contributed by atoms with van der Waals surface area (Å²) < 4.78 is 1.99. The van der Waals surface area contributed by atoms with E-state index < -0.39 is 5.91 Å². The minimum atomic E-state index is -0.470. The van der Waals surface area contributed by atoms with Gasteiger partial charge in [-0.1, -0.05) is 34.1 Å². The molecular formula is C19H17BrN4O3. The van der Waals surface area contributed by atoms with Crippen molar-refractivity contribution in [1.29, 1.82) is 0 Å². The summed E-state index contributed by atoms with van der Waals surface area (Å²) in [6.45, 7) is 1.42. The van der Waals surface area contributed by atoms with Crippen LogP contribution in [-0.4, -0.2) is 28.1 Å². The van der Waals surface area contributed by atoms with Crippen molar-refractivity contribution in [2.45, 2.75) is 13.5 Å². The Hall–Kier alpha value is -3.00. The zero-order valence-electron chi connectivity index (χ0n) is 14.5. The number of halogens is 1. The van der Waals surface area contributed by atoms with E-state index in [-0.39, 0.29) is 24.6 Å². The third-order valence-corrected chi connectivity index (χ3v) is 4.46. The molecule has 0 unspecified atom stereocenters. The monoisotopic (exact) mass is 428 g/mol. The molecule has 3 rings (SSSR count). The number of hydrogen-bond acceptors (Lipinski definition) is 4. The van der Waals surface area contributed by atoms with Gasteiger partial charge in [0.2, 0.25) is 11.8 Å². The Morgan fingerprint density at radius 3 is 2.70 bits per heavy atom. The first-order chi connectivity index (χ1) is 12.9. The van der Waals surface area contributed by atoms with Gasteiger partial charge in [0.05, 0.1) is 18.1 Å². The van der Waals surface area contributed by atoms with E-state index in [1.807, 2.05) is 25.1 Å². The zero-order chi connectivity index (χ0) is 19.4. The molecule has 138 valence electrons. The minimum absolute atomic E-state index is 0.198. The summed E-state index contributed by atoms with van der Waals surface area (Å²) in [7, 11) is 0. The highest BCUT2D eigenvalue weighted by molar-refractivity contribution is 9.10. The number of carbonyl (C=O) groups is 2. The van der Waals surface area contributed by atoms with Crippen molar-refractivity contribution >= 4 is 44.2 Å². The molecule has 0 aliphatic rings. The fraction of sp³-hybridized carbons (Fsp3) is 0.158. The smallest absolute Gasteiger partial charge is 0.275 e. The number of aromatic nitrogens is 2. The Morgan fingerprint density at radius 2 is 1.93 bits per heavy atom. The third kappa shape index (κ3) is 4.59. The van der Waals surface area contributed by atoms with Crippen molar-refractivity contribution < 1.29 is 9.59 Å². The largest absolute Gasteiger partial charge is 0.345 e. The van der Waals surface area contributed by atoms with Gasteiger partial charge in [0.1, 0.15) is 6.54 Å². The summed E-state index contributed by atoms with van der Waals surface area (Å²) >= 11 is 3.36. The SMILES string of the molecule is Cc1cc(Br)ccc1NC(=O)CNC(=O)Cn1ncc2ccccc2c1=O. The summed E-state index contributed by atoms with van der Waals surface area (Å²) in [6, 6.07) is 12.5. The number of hydrogen-bond donors (Lipinski definition) is 2. The first-order valence-corrected chi connectivity index (χ1v) is 9.01. The highest BCUT2D eigenvalue weighted by atomic mass is 79.9. The number of amides is 2. The number of carbonyl (C=O) groups excluding carboxylic acids is 2. The van der Waals surface area contributed by atoms with Crippen LogP contribution in [0.15, 0.2) is 57.9 Å². The average Bonchev–Trinajstić information content (AvgIpc) is 2.65. The van der Waals surface area contributed by atoms with E-state index in [4.69, 9.17) is 0 Å². The highest BCUT2D eigenvalue weighted by Gasteiger charge is 2.11. The number of benzene rings is 2. The van der Waals surface area contributed by atoms with Gasteiger partial charge in [-0.3, -0.25) is 14.4 Å². The average molecular weight is 429 g/mol. The van der Waals surface area contributed by atoms with Crippen LogP contribution in [-0.2, 0) is 16.1 Å². The van der Waals surface area contributed by atoms with Crippen molar-refractivity contribution in [3.63, 3.8) is 0 Å². The summed E-state index contributed by atoms with van der Waals surface area (Å²) in [5, 5.41) is 10.4. The molecule has 0 bridgehead atoms. The third-order valence-electron chi connectivity index (χ3n) is 3.96. The quantitative estimate of drug-likeness (QED) is 0.651. The molecule has 2 aromatic carbocycles. The van der Waals surface area contributed by atoms with Gasteiger partial charge in [-0.15, -0.1) is 0 Å². The van der Waals surface area contributed by atoms with E-state index in [1.54, 1.807) is 24.3 Å². The van der Waals surface area contributed by atoms with Crippen LogP contribution in [0.4, 0.5) is 5.69 Å². The van der Waals surface area contributed by atoms with Crippen LogP contribution in [0.25, 0.3) is 10.8 Å². The van der Waals surface area contributed by atoms with E-state index in [9.17, 15) is 14.4 Å². The molecule has 2 amide bonds. The molecule has 0 aliphatic heterocycles. The number of rotatable bonds is 5. The van der Waals surface area contributed by atoms with Gasteiger partial charge in [-0.25, -0.2) is 4.68 Å². The van der Waals surface area contributed by atoms with E-state index in [0.717, 1.165) is 14.7 Å². The van der Waals surface area contributed by atoms with Crippen molar-refractivity contribution in [3.8, 4) is 0 Å². The number of nitrogens with zero attached hydrogens (tertiary/aromatic N) is 2. The fourth-order valence-electron chi connectivity index (χ4n) is 2.57. The topological polar surface area (TPSA) is 93.1 Å². The lowest BCUT2D eigenvalue weighted by Crippen LogP contribution is -2.37. The Morgan fingerprint density at radius 1 is 1.15 bits per heavy atom. The normalized spacial score (nSPS) is 10.6. The molecule has 8 heteroatoms. The Labute approximate surface area is 163 Å². The molecule has 0 atom stereocenters. The molecule has 0 fully saturated rings. The zero-order valence-corrected chi connectivity index (χ0v) is 16.1. The molecule has 1 heterocycles. The van der Waals surface area contributed by atoms with Crippen LogP contribution in [0, 0.1) is 6.92 Å². The van der Waals surface area contributed by atoms with Gasteiger partial charge in [-0.05, 0) is 36.8 Å². The summed E-state index contributed by atoms with van der Waals surface area (Å²) in [5.74, 6) is -0.824. The molecule has 0 spiro atoms. The van der Waals surface area contributed by atoms with Crippen molar-refractivity contribution in [3.05, 3.63) is 69.1 Å². The number of anilines is 1. The van der Waals surface area contributed by atoms with Crippen LogP contribution >= 0.6 is 15.9 Å². The standard InChI is InChI=1S/C19H17BrN4O3/c1-12-8-14(20)6-7-16(12)23-17(25)10-21-18(26)11-24-19(27)15-5-3-2-4-13(15)9-22-24/h2-9H,10-11H2,1H3,(H,21,26)(H,23,25). The molecule has 2 N–H and O–H groups in total. The molecule has 0 saturated carbocycles. The van der Waals surface area contributed by atoms with Crippen LogP contribution in [0.3, 0.4) is 0 Å². The van der Waals surface area contributed by atoms with Crippen molar-refractivity contribution in [1.82, 2.24) is 15.1 Å². The fourth-order valence-corrected chi connectivity index (χ4v) is 3.05. The molecular weight excluding hydrogens is 412 g/mol. The first kappa shape index (κ1) is 18.8. The number of aryl methyl sites for hydroxylation is 1. The molecule has 1 aromatic heterocycles. The first-order valence-electron chi connectivity index (χ1n) is 8.21.